The summed E-state index contributed by atoms with van der Waals surface area (Å²) in [5.41, 5.74) is 3.53. The number of nitrogens with one attached hydrogen (secondary N) is 2. The van der Waals surface area contributed by atoms with E-state index in [4.69, 9.17) is 0 Å². The van der Waals surface area contributed by atoms with Crippen LogP contribution in [0.5, 0.6) is 0 Å². The molecular formula is C20H19N5O. The summed E-state index contributed by atoms with van der Waals surface area (Å²) in [6.07, 6.45) is 1.70. The predicted molar refractivity (Wildman–Crippen MR) is 99.7 cm³/mol. The Morgan fingerprint density at radius 2 is 1.69 bits per heavy atom. The summed E-state index contributed by atoms with van der Waals surface area (Å²) < 4.78 is 1.98. The van der Waals surface area contributed by atoms with E-state index in [0.29, 0.717) is 31.3 Å². The molecule has 3 aromatic rings. The number of amides is 1. The van der Waals surface area contributed by atoms with E-state index >= 15 is 0 Å². The summed E-state index contributed by atoms with van der Waals surface area (Å²) >= 11 is 0. The van der Waals surface area contributed by atoms with Gasteiger partial charge in [-0.3, -0.25) is 10.1 Å². The Morgan fingerprint density at radius 1 is 1.00 bits per heavy atom. The quantitative estimate of drug-likeness (QED) is 0.762. The van der Waals surface area contributed by atoms with Crippen LogP contribution in [0.15, 0.2) is 72.0 Å². The topological polar surface area (TPSA) is 71.3 Å². The fourth-order valence-corrected chi connectivity index (χ4v) is 2.92. The minimum Gasteiger partial charge on any atom is -0.352 e. The monoisotopic (exact) mass is 345 g/mol. The molecule has 1 aromatic heterocycles. The SMILES string of the molecule is O=C1NC(NCc2ccccc2)=NCc2c1ncn2Cc1ccccc1. The van der Waals surface area contributed by atoms with Crippen molar-refractivity contribution in [3.8, 4) is 0 Å². The Labute approximate surface area is 151 Å². The molecule has 0 aliphatic carbocycles. The molecule has 0 saturated carbocycles. The first-order chi connectivity index (χ1) is 12.8. The maximum Gasteiger partial charge on any atom is 0.278 e. The van der Waals surface area contributed by atoms with Gasteiger partial charge in [-0.2, -0.15) is 0 Å². The summed E-state index contributed by atoms with van der Waals surface area (Å²) in [4.78, 5) is 21.3. The normalized spacial score (nSPS) is 13.4. The summed E-state index contributed by atoms with van der Waals surface area (Å²) in [7, 11) is 0. The Bertz CT molecular complexity index is 931. The molecule has 0 radical (unpaired) electrons. The molecule has 6 nitrogen and oxygen atoms in total. The van der Waals surface area contributed by atoms with Crippen molar-refractivity contribution >= 4 is 11.9 Å². The van der Waals surface area contributed by atoms with Crippen molar-refractivity contribution in [2.45, 2.75) is 19.6 Å². The van der Waals surface area contributed by atoms with Crippen LogP contribution in [0.1, 0.15) is 27.3 Å². The molecular weight excluding hydrogens is 326 g/mol. The lowest BCUT2D eigenvalue weighted by molar-refractivity contribution is 0.0971. The number of rotatable bonds is 4. The number of aromatic nitrogens is 2. The minimum atomic E-state index is -0.233. The van der Waals surface area contributed by atoms with Gasteiger partial charge in [0.2, 0.25) is 0 Å². The van der Waals surface area contributed by atoms with Crippen molar-refractivity contribution in [3.05, 3.63) is 89.5 Å². The number of aliphatic imine (C=N–C) groups is 1. The third-order valence-corrected chi connectivity index (χ3v) is 4.28. The Morgan fingerprint density at radius 3 is 2.42 bits per heavy atom. The van der Waals surface area contributed by atoms with Crippen LogP contribution in [-0.2, 0) is 19.6 Å². The van der Waals surface area contributed by atoms with Crippen LogP contribution in [0.3, 0.4) is 0 Å². The third kappa shape index (κ3) is 3.49. The molecule has 1 aliphatic heterocycles. The molecule has 26 heavy (non-hydrogen) atoms. The molecule has 130 valence electrons. The van der Waals surface area contributed by atoms with E-state index in [9.17, 15) is 4.79 Å². The average Bonchev–Trinajstić information content (AvgIpc) is 3.00. The van der Waals surface area contributed by atoms with E-state index in [1.54, 1.807) is 6.33 Å². The molecule has 0 atom stereocenters. The van der Waals surface area contributed by atoms with E-state index in [1.807, 2.05) is 53.1 Å². The van der Waals surface area contributed by atoms with Crippen molar-refractivity contribution in [1.82, 2.24) is 20.2 Å². The van der Waals surface area contributed by atoms with Crippen LogP contribution in [0.25, 0.3) is 0 Å². The Kier molecular flexibility index (Phi) is 4.47. The molecule has 4 rings (SSSR count). The maximum atomic E-state index is 12.5. The molecule has 0 unspecified atom stereocenters. The lowest BCUT2D eigenvalue weighted by atomic mass is 10.2. The van der Waals surface area contributed by atoms with Crippen molar-refractivity contribution in [3.63, 3.8) is 0 Å². The number of carbonyl (C=O) groups excluding carboxylic acids is 1. The minimum absolute atomic E-state index is 0.233. The molecule has 2 N–H and O–H groups in total. The van der Waals surface area contributed by atoms with Crippen LogP contribution in [-0.4, -0.2) is 21.4 Å². The maximum absolute atomic E-state index is 12.5. The number of imidazole rings is 1. The number of fused-ring (bicyclic) bond motifs is 1. The van der Waals surface area contributed by atoms with Gasteiger partial charge in [0.05, 0.1) is 18.6 Å². The zero-order chi connectivity index (χ0) is 17.8. The number of benzene rings is 2. The van der Waals surface area contributed by atoms with Crippen molar-refractivity contribution < 1.29 is 4.79 Å². The van der Waals surface area contributed by atoms with Gasteiger partial charge in [-0.15, -0.1) is 0 Å². The molecule has 0 bridgehead atoms. The Hall–Kier alpha value is -3.41. The van der Waals surface area contributed by atoms with Gasteiger partial charge in [0.15, 0.2) is 11.7 Å². The molecule has 1 amide bonds. The van der Waals surface area contributed by atoms with Crippen LogP contribution in [0, 0.1) is 0 Å². The number of hydrogen-bond acceptors (Lipinski definition) is 4. The molecule has 1 aliphatic rings. The van der Waals surface area contributed by atoms with E-state index in [1.165, 1.54) is 0 Å². The molecule has 0 fully saturated rings. The largest absolute Gasteiger partial charge is 0.352 e. The van der Waals surface area contributed by atoms with Crippen LogP contribution in [0.2, 0.25) is 0 Å². The zero-order valence-corrected chi connectivity index (χ0v) is 14.2. The Balaban J connectivity index is 1.50. The average molecular weight is 345 g/mol. The highest BCUT2D eigenvalue weighted by molar-refractivity contribution is 6.06. The first-order valence-corrected chi connectivity index (χ1v) is 8.51. The number of hydrogen-bond donors (Lipinski definition) is 2. The second-order valence-corrected chi connectivity index (χ2v) is 6.11. The van der Waals surface area contributed by atoms with Crippen LogP contribution >= 0.6 is 0 Å². The first-order valence-electron chi connectivity index (χ1n) is 8.51. The van der Waals surface area contributed by atoms with Crippen LogP contribution < -0.4 is 10.6 Å². The van der Waals surface area contributed by atoms with Gasteiger partial charge in [-0.25, -0.2) is 9.98 Å². The summed E-state index contributed by atoms with van der Waals surface area (Å²) in [6, 6.07) is 20.1. The predicted octanol–water partition coefficient (Wildman–Crippen LogP) is 2.32. The van der Waals surface area contributed by atoms with E-state index in [0.717, 1.165) is 16.8 Å². The summed E-state index contributed by atoms with van der Waals surface area (Å²) in [5.74, 6) is 0.242. The smallest absolute Gasteiger partial charge is 0.278 e. The number of guanidine groups is 1. The molecule has 0 spiro atoms. The second kappa shape index (κ2) is 7.23. The summed E-state index contributed by atoms with van der Waals surface area (Å²) in [5, 5.41) is 5.99. The van der Waals surface area contributed by atoms with Gasteiger partial charge < -0.3 is 9.88 Å². The number of carbonyl (C=O) groups is 1. The van der Waals surface area contributed by atoms with E-state index in [2.05, 4.69) is 32.7 Å². The number of nitrogens with zero attached hydrogens (tertiary/aromatic N) is 3. The molecule has 2 heterocycles. The van der Waals surface area contributed by atoms with Crippen molar-refractivity contribution in [1.29, 1.82) is 0 Å². The van der Waals surface area contributed by atoms with Gasteiger partial charge in [-0.1, -0.05) is 60.7 Å². The van der Waals surface area contributed by atoms with Crippen molar-refractivity contribution in [2.24, 2.45) is 4.99 Å². The lowest BCUT2D eigenvalue weighted by Gasteiger charge is -2.09. The van der Waals surface area contributed by atoms with E-state index in [-0.39, 0.29) is 5.91 Å². The highest BCUT2D eigenvalue weighted by Gasteiger charge is 2.22. The fourth-order valence-electron chi connectivity index (χ4n) is 2.92. The van der Waals surface area contributed by atoms with Gasteiger partial charge in [0, 0.05) is 13.1 Å². The van der Waals surface area contributed by atoms with Gasteiger partial charge in [-0.05, 0) is 11.1 Å². The lowest BCUT2D eigenvalue weighted by Crippen LogP contribution is -2.40. The molecule has 6 heteroatoms. The highest BCUT2D eigenvalue weighted by atomic mass is 16.2. The van der Waals surface area contributed by atoms with Crippen molar-refractivity contribution in [2.75, 3.05) is 0 Å². The fraction of sp³-hybridized carbons (Fsp3) is 0.150. The zero-order valence-electron chi connectivity index (χ0n) is 14.2. The molecule has 0 saturated heterocycles. The van der Waals surface area contributed by atoms with Gasteiger partial charge >= 0.3 is 0 Å². The summed E-state index contributed by atoms with van der Waals surface area (Å²) in [6.45, 7) is 1.67. The second-order valence-electron chi connectivity index (χ2n) is 6.11. The van der Waals surface area contributed by atoms with Gasteiger partial charge in [0.1, 0.15) is 0 Å². The highest BCUT2D eigenvalue weighted by Crippen LogP contribution is 2.14. The first kappa shape index (κ1) is 16.1. The van der Waals surface area contributed by atoms with Crippen LogP contribution in [0.4, 0.5) is 0 Å². The standard InChI is InChI=1S/C20H19N5O/c26-19-18-17(25(14-23-18)13-16-9-5-2-6-10-16)12-22-20(24-19)21-11-15-7-3-1-4-8-15/h1-10,14H,11-13H2,(H2,21,22,24,26). The molecule has 2 aromatic carbocycles. The van der Waals surface area contributed by atoms with Gasteiger partial charge in [0.25, 0.3) is 5.91 Å². The van der Waals surface area contributed by atoms with E-state index < -0.39 is 0 Å². The third-order valence-electron chi connectivity index (χ3n) is 4.28.